The second kappa shape index (κ2) is 6.09. The van der Waals surface area contributed by atoms with Crippen LogP contribution in [0, 0.1) is 5.92 Å². The highest BCUT2D eigenvalue weighted by molar-refractivity contribution is 7.98. The molecule has 15 heavy (non-hydrogen) atoms. The highest BCUT2D eigenvalue weighted by atomic mass is 32.2. The zero-order valence-electron chi connectivity index (χ0n) is 10.2. The Hall–Kier alpha value is 0.230. The molecule has 0 amide bonds. The van der Waals surface area contributed by atoms with E-state index in [1.165, 1.54) is 5.75 Å². The summed E-state index contributed by atoms with van der Waals surface area (Å²) in [7, 11) is 0. The first-order valence-corrected chi connectivity index (χ1v) is 6.93. The lowest BCUT2D eigenvalue weighted by Crippen LogP contribution is -2.49. The first-order valence-electron chi connectivity index (χ1n) is 5.54. The molecular weight excluding hydrogens is 210 g/mol. The zero-order valence-corrected chi connectivity index (χ0v) is 11.0. The topological polar surface area (TPSA) is 30.5 Å². The Labute approximate surface area is 97.3 Å². The maximum Gasteiger partial charge on any atom is 0.162 e. The maximum absolute atomic E-state index is 5.58. The van der Waals surface area contributed by atoms with Gasteiger partial charge in [-0.3, -0.25) is 0 Å². The number of thioether (sulfide) groups is 1. The highest BCUT2D eigenvalue weighted by Crippen LogP contribution is 2.17. The average molecular weight is 233 g/mol. The van der Waals surface area contributed by atoms with Gasteiger partial charge in [0.15, 0.2) is 5.79 Å². The molecule has 0 aromatic rings. The first-order chi connectivity index (χ1) is 7.03. The van der Waals surface area contributed by atoms with Crippen LogP contribution in [0.1, 0.15) is 20.8 Å². The summed E-state index contributed by atoms with van der Waals surface area (Å²) in [6, 6.07) is 0.349. The largest absolute Gasteiger partial charge is 0.349 e. The van der Waals surface area contributed by atoms with Crippen LogP contribution in [-0.2, 0) is 9.47 Å². The molecule has 0 saturated carbocycles. The number of hydrogen-bond donors (Lipinski definition) is 1. The van der Waals surface area contributed by atoms with Crippen LogP contribution in [0.4, 0.5) is 0 Å². The van der Waals surface area contributed by atoms with Crippen LogP contribution in [0.2, 0.25) is 0 Å². The standard InChI is InChI=1S/C11H23NO2S/c1-9(8-15-4)5-12-10-6-13-11(2,3)14-7-10/h9-10,12H,5-8H2,1-4H3. The molecule has 0 aliphatic carbocycles. The summed E-state index contributed by atoms with van der Waals surface area (Å²) in [5, 5.41) is 3.48. The molecular formula is C11H23NO2S. The molecule has 1 aliphatic rings. The molecule has 4 heteroatoms. The van der Waals surface area contributed by atoms with E-state index in [9.17, 15) is 0 Å². The van der Waals surface area contributed by atoms with E-state index < -0.39 is 5.79 Å². The van der Waals surface area contributed by atoms with Gasteiger partial charge in [-0.25, -0.2) is 0 Å². The van der Waals surface area contributed by atoms with Gasteiger partial charge in [0.2, 0.25) is 0 Å². The normalized spacial score (nSPS) is 24.0. The van der Waals surface area contributed by atoms with Gasteiger partial charge >= 0.3 is 0 Å². The summed E-state index contributed by atoms with van der Waals surface area (Å²) < 4.78 is 11.2. The molecule has 0 aromatic carbocycles. The summed E-state index contributed by atoms with van der Waals surface area (Å²) in [5.41, 5.74) is 0. The summed E-state index contributed by atoms with van der Waals surface area (Å²) in [4.78, 5) is 0. The zero-order chi connectivity index (χ0) is 11.3. The van der Waals surface area contributed by atoms with Crippen LogP contribution in [0.3, 0.4) is 0 Å². The fourth-order valence-corrected chi connectivity index (χ4v) is 2.21. The first kappa shape index (κ1) is 13.3. The minimum atomic E-state index is -0.400. The second-order valence-electron chi connectivity index (χ2n) is 4.69. The molecule has 1 saturated heterocycles. The van der Waals surface area contributed by atoms with Crippen LogP contribution in [-0.4, -0.2) is 43.6 Å². The smallest absolute Gasteiger partial charge is 0.162 e. The molecule has 1 unspecified atom stereocenters. The Balaban J connectivity index is 2.13. The molecule has 1 N–H and O–H groups in total. The van der Waals surface area contributed by atoms with E-state index in [1.54, 1.807) is 0 Å². The van der Waals surface area contributed by atoms with Gasteiger partial charge in [-0.05, 0) is 38.3 Å². The Morgan fingerprint density at radius 1 is 1.40 bits per heavy atom. The van der Waals surface area contributed by atoms with E-state index >= 15 is 0 Å². The van der Waals surface area contributed by atoms with Gasteiger partial charge < -0.3 is 14.8 Å². The second-order valence-corrected chi connectivity index (χ2v) is 5.60. The van der Waals surface area contributed by atoms with Gasteiger partial charge in [-0.1, -0.05) is 6.92 Å². The van der Waals surface area contributed by atoms with Crippen molar-refractivity contribution >= 4 is 11.8 Å². The summed E-state index contributed by atoms with van der Waals surface area (Å²) in [6.07, 6.45) is 2.14. The lowest BCUT2D eigenvalue weighted by Gasteiger charge is -2.35. The summed E-state index contributed by atoms with van der Waals surface area (Å²) >= 11 is 1.89. The van der Waals surface area contributed by atoms with Gasteiger partial charge in [0.1, 0.15) is 0 Å². The van der Waals surface area contributed by atoms with Gasteiger partial charge in [0.25, 0.3) is 0 Å². The molecule has 1 rings (SSSR count). The monoisotopic (exact) mass is 233 g/mol. The van der Waals surface area contributed by atoms with Crippen LogP contribution < -0.4 is 5.32 Å². The van der Waals surface area contributed by atoms with E-state index in [4.69, 9.17) is 9.47 Å². The van der Waals surface area contributed by atoms with Crippen LogP contribution >= 0.6 is 11.8 Å². The minimum absolute atomic E-state index is 0.349. The van der Waals surface area contributed by atoms with E-state index in [2.05, 4.69) is 18.5 Å². The fourth-order valence-electron chi connectivity index (χ4n) is 1.52. The van der Waals surface area contributed by atoms with Crippen molar-refractivity contribution in [2.75, 3.05) is 31.8 Å². The Kier molecular flexibility index (Phi) is 5.39. The van der Waals surface area contributed by atoms with Crippen molar-refractivity contribution in [2.45, 2.75) is 32.6 Å². The molecule has 1 fully saturated rings. The lowest BCUT2D eigenvalue weighted by atomic mass is 10.2. The van der Waals surface area contributed by atoms with Gasteiger partial charge in [-0.15, -0.1) is 0 Å². The number of hydrogen-bond acceptors (Lipinski definition) is 4. The maximum atomic E-state index is 5.58. The molecule has 0 radical (unpaired) electrons. The Bertz CT molecular complexity index is 177. The van der Waals surface area contributed by atoms with Crippen molar-refractivity contribution in [3.05, 3.63) is 0 Å². The van der Waals surface area contributed by atoms with Crippen molar-refractivity contribution in [2.24, 2.45) is 5.92 Å². The fraction of sp³-hybridized carbons (Fsp3) is 1.00. The van der Waals surface area contributed by atoms with E-state index in [-0.39, 0.29) is 0 Å². The highest BCUT2D eigenvalue weighted by Gasteiger charge is 2.27. The predicted octanol–water partition coefficient (Wildman–Crippen LogP) is 1.73. The molecule has 90 valence electrons. The Morgan fingerprint density at radius 3 is 2.53 bits per heavy atom. The molecule has 1 atom stereocenters. The van der Waals surface area contributed by atoms with E-state index in [1.807, 2.05) is 25.6 Å². The van der Waals surface area contributed by atoms with Gasteiger partial charge in [-0.2, -0.15) is 11.8 Å². The SMILES string of the molecule is CSCC(C)CNC1COC(C)(C)OC1. The average Bonchev–Trinajstić information content (AvgIpc) is 2.17. The van der Waals surface area contributed by atoms with Crippen molar-refractivity contribution in [1.82, 2.24) is 5.32 Å². The molecule has 0 spiro atoms. The number of nitrogens with one attached hydrogen (secondary N) is 1. The van der Waals surface area contributed by atoms with Crippen molar-refractivity contribution in [3.63, 3.8) is 0 Å². The van der Waals surface area contributed by atoms with Crippen molar-refractivity contribution in [3.8, 4) is 0 Å². The van der Waals surface area contributed by atoms with Crippen molar-refractivity contribution < 1.29 is 9.47 Å². The van der Waals surface area contributed by atoms with Crippen LogP contribution in [0.5, 0.6) is 0 Å². The van der Waals surface area contributed by atoms with Crippen LogP contribution in [0.25, 0.3) is 0 Å². The minimum Gasteiger partial charge on any atom is -0.349 e. The Morgan fingerprint density at radius 2 is 2.00 bits per heavy atom. The molecule has 1 heterocycles. The van der Waals surface area contributed by atoms with Crippen LogP contribution in [0.15, 0.2) is 0 Å². The quantitative estimate of drug-likeness (QED) is 0.783. The van der Waals surface area contributed by atoms with E-state index in [0.717, 1.165) is 19.8 Å². The van der Waals surface area contributed by atoms with E-state index in [0.29, 0.717) is 12.0 Å². The molecule has 1 aliphatic heterocycles. The van der Waals surface area contributed by atoms with Gasteiger partial charge in [0, 0.05) is 0 Å². The third-order valence-electron chi connectivity index (χ3n) is 2.47. The molecule has 3 nitrogen and oxygen atoms in total. The molecule has 0 bridgehead atoms. The third-order valence-corrected chi connectivity index (χ3v) is 3.37. The molecule has 0 aromatic heterocycles. The number of ether oxygens (including phenoxy) is 2. The number of rotatable bonds is 5. The van der Waals surface area contributed by atoms with Crippen molar-refractivity contribution in [1.29, 1.82) is 0 Å². The predicted molar refractivity (Wildman–Crippen MR) is 65.3 cm³/mol. The lowest BCUT2D eigenvalue weighted by molar-refractivity contribution is -0.252. The summed E-state index contributed by atoms with van der Waals surface area (Å²) in [5.74, 6) is 1.51. The van der Waals surface area contributed by atoms with Gasteiger partial charge in [0.05, 0.1) is 19.3 Å². The summed E-state index contributed by atoms with van der Waals surface area (Å²) in [6.45, 7) is 8.72. The third kappa shape index (κ3) is 5.20.